The number of aryl methyl sites for hydroxylation is 2. The summed E-state index contributed by atoms with van der Waals surface area (Å²) in [7, 11) is -3.95. The highest BCUT2D eigenvalue weighted by molar-refractivity contribution is 7.89. The molecule has 0 saturated carbocycles. The number of amides is 1. The van der Waals surface area contributed by atoms with Crippen molar-refractivity contribution in [3.05, 3.63) is 65.0 Å². The first-order chi connectivity index (χ1) is 12.7. The zero-order valence-electron chi connectivity index (χ0n) is 15.2. The van der Waals surface area contributed by atoms with Gasteiger partial charge in [-0.3, -0.25) is 4.79 Å². The molecule has 2 aromatic rings. The molecule has 1 amide bonds. The number of rotatable bonds is 8. The Bertz CT molecular complexity index is 898. The lowest BCUT2D eigenvalue weighted by molar-refractivity contribution is -0.120. The summed E-state index contributed by atoms with van der Waals surface area (Å²) in [4.78, 5) is 12.1. The summed E-state index contributed by atoms with van der Waals surface area (Å²) in [6.07, 6.45) is 0.304. The van der Waals surface area contributed by atoms with E-state index in [4.69, 9.17) is 0 Å². The van der Waals surface area contributed by atoms with Gasteiger partial charge in [0.2, 0.25) is 15.9 Å². The van der Waals surface area contributed by atoms with Gasteiger partial charge in [0, 0.05) is 6.61 Å². The van der Waals surface area contributed by atoms with Crippen molar-refractivity contribution in [1.29, 1.82) is 0 Å². The Kier molecular flexibility index (Phi) is 7.06. The van der Waals surface area contributed by atoms with Gasteiger partial charge in [0.05, 0.1) is 17.5 Å². The van der Waals surface area contributed by atoms with E-state index in [1.165, 1.54) is 6.92 Å². The molecule has 8 heteroatoms. The maximum Gasteiger partial charge on any atom is 0.241 e. The third-order valence-electron chi connectivity index (χ3n) is 4.08. The minimum absolute atomic E-state index is 0.0813. The normalized spacial score (nSPS) is 12.6. The summed E-state index contributed by atoms with van der Waals surface area (Å²) < 4.78 is 40.0. The van der Waals surface area contributed by atoms with Crippen LogP contribution in [0.2, 0.25) is 0 Å². The lowest BCUT2D eigenvalue weighted by atomic mass is 10.0. The second-order valence-corrected chi connectivity index (χ2v) is 8.01. The SMILES string of the molecule is Cc1ccc([C@@H](CCO)NC(=O)CNS(=O)(=O)c2ccc(F)cc2C)cc1. The molecule has 2 rings (SSSR count). The van der Waals surface area contributed by atoms with Gasteiger partial charge in [-0.25, -0.2) is 17.5 Å². The number of carbonyl (C=O) groups excluding carboxylic acids is 1. The molecule has 0 aliphatic heterocycles. The Morgan fingerprint density at radius 1 is 1.15 bits per heavy atom. The Labute approximate surface area is 158 Å². The second-order valence-electron chi connectivity index (χ2n) is 6.28. The highest BCUT2D eigenvalue weighted by atomic mass is 32.2. The predicted octanol–water partition coefficient (Wildman–Crippen LogP) is 1.96. The Hall–Kier alpha value is -2.29. The fraction of sp³-hybridized carbons (Fsp3) is 0.316. The number of nitrogens with one attached hydrogen (secondary N) is 2. The molecule has 0 radical (unpaired) electrons. The molecule has 1 atom stereocenters. The van der Waals surface area contributed by atoms with E-state index in [1.807, 2.05) is 31.2 Å². The fourth-order valence-corrected chi connectivity index (χ4v) is 3.85. The van der Waals surface area contributed by atoms with Crippen LogP contribution >= 0.6 is 0 Å². The molecule has 2 aromatic carbocycles. The lowest BCUT2D eigenvalue weighted by Crippen LogP contribution is -2.39. The van der Waals surface area contributed by atoms with Gasteiger partial charge < -0.3 is 10.4 Å². The van der Waals surface area contributed by atoms with Crippen LogP contribution in [0.1, 0.15) is 29.2 Å². The van der Waals surface area contributed by atoms with E-state index in [9.17, 15) is 22.7 Å². The number of aliphatic hydroxyl groups excluding tert-OH is 1. The van der Waals surface area contributed by atoms with Gasteiger partial charge in [0.15, 0.2) is 0 Å². The summed E-state index contributed by atoms with van der Waals surface area (Å²) >= 11 is 0. The van der Waals surface area contributed by atoms with Gasteiger partial charge >= 0.3 is 0 Å². The highest BCUT2D eigenvalue weighted by Gasteiger charge is 2.20. The van der Waals surface area contributed by atoms with Crippen LogP contribution in [0.4, 0.5) is 4.39 Å². The summed E-state index contributed by atoms with van der Waals surface area (Å²) in [5.74, 6) is -1.06. The maximum absolute atomic E-state index is 13.2. The summed E-state index contributed by atoms with van der Waals surface area (Å²) in [5.41, 5.74) is 2.14. The molecule has 27 heavy (non-hydrogen) atoms. The van der Waals surface area contributed by atoms with Crippen molar-refractivity contribution >= 4 is 15.9 Å². The monoisotopic (exact) mass is 394 g/mol. The van der Waals surface area contributed by atoms with Crippen LogP contribution in [0.25, 0.3) is 0 Å². The van der Waals surface area contributed by atoms with Crippen LogP contribution in [-0.2, 0) is 14.8 Å². The van der Waals surface area contributed by atoms with Crippen molar-refractivity contribution < 1.29 is 22.7 Å². The smallest absolute Gasteiger partial charge is 0.241 e. The fourth-order valence-electron chi connectivity index (χ4n) is 2.65. The maximum atomic E-state index is 13.2. The Balaban J connectivity index is 2.03. The van der Waals surface area contributed by atoms with E-state index in [0.717, 1.165) is 29.3 Å². The lowest BCUT2D eigenvalue weighted by Gasteiger charge is -2.19. The molecule has 0 saturated heterocycles. The molecule has 3 N–H and O–H groups in total. The molecular formula is C19H23FN2O4S. The van der Waals surface area contributed by atoms with E-state index in [1.54, 1.807) is 0 Å². The molecule has 0 aromatic heterocycles. The van der Waals surface area contributed by atoms with Gasteiger partial charge in [-0.1, -0.05) is 29.8 Å². The molecule has 146 valence electrons. The number of hydrogen-bond acceptors (Lipinski definition) is 4. The average molecular weight is 394 g/mol. The quantitative estimate of drug-likeness (QED) is 0.638. The van der Waals surface area contributed by atoms with E-state index in [2.05, 4.69) is 10.0 Å². The number of hydrogen-bond donors (Lipinski definition) is 3. The molecular weight excluding hydrogens is 371 g/mol. The van der Waals surface area contributed by atoms with Crippen molar-refractivity contribution in [2.75, 3.05) is 13.2 Å². The van der Waals surface area contributed by atoms with Gasteiger partial charge in [0.25, 0.3) is 0 Å². The Morgan fingerprint density at radius 3 is 2.41 bits per heavy atom. The van der Waals surface area contributed by atoms with Crippen molar-refractivity contribution in [1.82, 2.24) is 10.0 Å². The van der Waals surface area contributed by atoms with E-state index in [0.29, 0.717) is 6.42 Å². The van der Waals surface area contributed by atoms with Crippen LogP contribution in [0.15, 0.2) is 47.4 Å². The van der Waals surface area contributed by atoms with Gasteiger partial charge in [0.1, 0.15) is 5.82 Å². The minimum Gasteiger partial charge on any atom is -0.396 e. The first kappa shape index (κ1) is 21.0. The summed E-state index contributed by atoms with van der Waals surface area (Å²) in [6, 6.07) is 10.4. The topological polar surface area (TPSA) is 95.5 Å². The van der Waals surface area contributed by atoms with Crippen LogP contribution < -0.4 is 10.0 Å². The van der Waals surface area contributed by atoms with Crippen LogP contribution in [0, 0.1) is 19.7 Å². The number of sulfonamides is 1. The van der Waals surface area contributed by atoms with Crippen molar-refractivity contribution in [3.63, 3.8) is 0 Å². The van der Waals surface area contributed by atoms with E-state index in [-0.39, 0.29) is 17.1 Å². The van der Waals surface area contributed by atoms with Crippen molar-refractivity contribution in [3.8, 4) is 0 Å². The first-order valence-electron chi connectivity index (χ1n) is 8.45. The molecule has 0 bridgehead atoms. The zero-order chi connectivity index (χ0) is 20.0. The highest BCUT2D eigenvalue weighted by Crippen LogP contribution is 2.18. The third kappa shape index (κ3) is 5.85. The van der Waals surface area contributed by atoms with Gasteiger partial charge in [-0.2, -0.15) is 0 Å². The predicted molar refractivity (Wildman–Crippen MR) is 100 cm³/mol. The van der Waals surface area contributed by atoms with Crippen LogP contribution in [-0.4, -0.2) is 32.6 Å². The van der Waals surface area contributed by atoms with Crippen LogP contribution in [0.5, 0.6) is 0 Å². The molecule has 0 heterocycles. The number of halogens is 1. The molecule has 0 spiro atoms. The first-order valence-corrected chi connectivity index (χ1v) is 9.94. The van der Waals surface area contributed by atoms with Crippen molar-refractivity contribution in [2.24, 2.45) is 0 Å². The molecule has 0 unspecified atom stereocenters. The number of benzene rings is 2. The van der Waals surface area contributed by atoms with Crippen LogP contribution in [0.3, 0.4) is 0 Å². The molecule has 0 fully saturated rings. The number of carbonyl (C=O) groups is 1. The largest absolute Gasteiger partial charge is 0.396 e. The average Bonchev–Trinajstić information content (AvgIpc) is 2.60. The van der Waals surface area contributed by atoms with Gasteiger partial charge in [-0.15, -0.1) is 0 Å². The van der Waals surface area contributed by atoms with Gasteiger partial charge in [-0.05, 0) is 49.6 Å². The molecule has 6 nitrogen and oxygen atoms in total. The molecule has 0 aliphatic rings. The second kappa shape index (κ2) is 9.07. The van der Waals surface area contributed by atoms with E-state index >= 15 is 0 Å². The summed E-state index contributed by atoms with van der Waals surface area (Å²) in [5, 5.41) is 11.9. The molecule has 0 aliphatic carbocycles. The zero-order valence-corrected chi connectivity index (χ0v) is 16.0. The summed E-state index contributed by atoms with van der Waals surface area (Å²) in [6.45, 7) is 2.83. The van der Waals surface area contributed by atoms with E-state index < -0.39 is 34.3 Å². The standard InChI is InChI=1S/C19H23FN2O4S/c1-13-3-5-15(6-4-13)17(9-10-23)22-19(24)12-21-27(25,26)18-8-7-16(20)11-14(18)2/h3-8,11,17,21,23H,9-10,12H2,1-2H3,(H,22,24)/t17-/m1/s1. The number of aliphatic hydroxyl groups is 1. The minimum atomic E-state index is -3.95. The Morgan fingerprint density at radius 2 is 1.81 bits per heavy atom. The third-order valence-corrected chi connectivity index (χ3v) is 5.64. The van der Waals surface area contributed by atoms with Crippen molar-refractivity contribution in [2.45, 2.75) is 31.2 Å².